The lowest BCUT2D eigenvalue weighted by atomic mass is 9.99. The van der Waals surface area contributed by atoms with Crippen LogP contribution in [0.1, 0.15) is 71.1 Å². The van der Waals surface area contributed by atoms with Crippen LogP contribution in [0.2, 0.25) is 0 Å². The first-order chi connectivity index (χ1) is 8.86. The molecular formula is C16H31NO. The van der Waals surface area contributed by atoms with Crippen LogP contribution in [0.15, 0.2) is 0 Å². The van der Waals surface area contributed by atoms with Gasteiger partial charge in [-0.15, -0.1) is 0 Å². The quantitative estimate of drug-likeness (QED) is 0.432. The van der Waals surface area contributed by atoms with E-state index in [2.05, 4.69) is 11.8 Å². The molecule has 1 rings (SSSR count). The van der Waals surface area contributed by atoms with E-state index in [9.17, 15) is 4.79 Å². The number of carbonyl (C=O) groups excluding carboxylic acids is 1. The van der Waals surface area contributed by atoms with Gasteiger partial charge in [0.05, 0.1) is 0 Å². The third-order valence-electron chi connectivity index (χ3n) is 4.06. The largest absolute Gasteiger partial charge is 0.303 e. The Kier molecular flexibility index (Phi) is 9.19. The van der Waals surface area contributed by atoms with Gasteiger partial charge < -0.3 is 9.69 Å². The second kappa shape index (κ2) is 10.5. The van der Waals surface area contributed by atoms with Gasteiger partial charge in [0.25, 0.3) is 0 Å². The summed E-state index contributed by atoms with van der Waals surface area (Å²) in [7, 11) is 0. The number of hydrogen-bond acceptors (Lipinski definition) is 2. The van der Waals surface area contributed by atoms with Gasteiger partial charge >= 0.3 is 0 Å². The SMILES string of the molecule is CCCCCCCCCCN1CCCC(C=O)C1. The Bertz CT molecular complexity index is 205. The summed E-state index contributed by atoms with van der Waals surface area (Å²) in [5.41, 5.74) is 0. The monoisotopic (exact) mass is 253 g/mol. The molecule has 0 aromatic carbocycles. The van der Waals surface area contributed by atoms with Crippen LogP contribution in [0.3, 0.4) is 0 Å². The molecule has 0 radical (unpaired) electrons. The van der Waals surface area contributed by atoms with Gasteiger partial charge in [-0.2, -0.15) is 0 Å². The number of carbonyl (C=O) groups is 1. The average Bonchev–Trinajstić information content (AvgIpc) is 2.42. The molecule has 1 unspecified atom stereocenters. The minimum absolute atomic E-state index is 0.313. The third kappa shape index (κ3) is 7.15. The summed E-state index contributed by atoms with van der Waals surface area (Å²) < 4.78 is 0. The zero-order valence-corrected chi connectivity index (χ0v) is 12.2. The molecule has 1 aliphatic heterocycles. The molecule has 1 saturated heterocycles. The number of rotatable bonds is 10. The van der Waals surface area contributed by atoms with E-state index in [0.29, 0.717) is 5.92 Å². The number of unbranched alkanes of at least 4 members (excludes halogenated alkanes) is 7. The average molecular weight is 253 g/mol. The van der Waals surface area contributed by atoms with E-state index < -0.39 is 0 Å². The van der Waals surface area contributed by atoms with Gasteiger partial charge in [-0.1, -0.05) is 51.9 Å². The zero-order chi connectivity index (χ0) is 13.1. The number of piperidine rings is 1. The standard InChI is InChI=1S/C16H31NO/c1-2-3-4-5-6-7-8-9-12-17-13-10-11-16(14-17)15-18/h15-16H,2-14H2,1H3. The number of nitrogens with zero attached hydrogens (tertiary/aromatic N) is 1. The fourth-order valence-corrected chi connectivity index (χ4v) is 2.87. The summed E-state index contributed by atoms with van der Waals surface area (Å²) in [5, 5.41) is 0. The minimum atomic E-state index is 0.313. The second-order valence-corrected chi connectivity index (χ2v) is 5.81. The van der Waals surface area contributed by atoms with Crippen molar-refractivity contribution < 1.29 is 4.79 Å². The molecule has 1 atom stereocenters. The van der Waals surface area contributed by atoms with Crippen molar-refractivity contribution in [2.24, 2.45) is 5.92 Å². The van der Waals surface area contributed by atoms with Crippen LogP contribution in [0.25, 0.3) is 0 Å². The van der Waals surface area contributed by atoms with Crippen molar-refractivity contribution in [1.29, 1.82) is 0 Å². The second-order valence-electron chi connectivity index (χ2n) is 5.81. The summed E-state index contributed by atoms with van der Waals surface area (Å²) in [6.07, 6.45) is 14.6. The van der Waals surface area contributed by atoms with E-state index in [1.165, 1.54) is 70.9 Å². The molecular weight excluding hydrogens is 222 g/mol. The van der Waals surface area contributed by atoms with Crippen LogP contribution >= 0.6 is 0 Å². The Morgan fingerprint density at radius 3 is 2.39 bits per heavy atom. The van der Waals surface area contributed by atoms with Gasteiger partial charge in [-0.05, 0) is 32.4 Å². The maximum absolute atomic E-state index is 10.8. The van der Waals surface area contributed by atoms with Crippen molar-refractivity contribution in [1.82, 2.24) is 4.90 Å². The lowest BCUT2D eigenvalue weighted by Crippen LogP contribution is -2.36. The third-order valence-corrected chi connectivity index (χ3v) is 4.06. The van der Waals surface area contributed by atoms with Gasteiger partial charge in [0, 0.05) is 12.5 Å². The maximum atomic E-state index is 10.8. The first kappa shape index (κ1) is 15.7. The summed E-state index contributed by atoms with van der Waals surface area (Å²) in [6.45, 7) is 5.70. The summed E-state index contributed by atoms with van der Waals surface area (Å²) in [6, 6.07) is 0. The Balaban J connectivity index is 1.89. The van der Waals surface area contributed by atoms with E-state index in [1.807, 2.05) is 0 Å². The molecule has 18 heavy (non-hydrogen) atoms. The molecule has 1 fully saturated rings. The molecule has 0 N–H and O–H groups in total. The Morgan fingerprint density at radius 1 is 1.06 bits per heavy atom. The smallest absolute Gasteiger partial charge is 0.124 e. The van der Waals surface area contributed by atoms with Crippen LogP contribution in [0, 0.1) is 5.92 Å². The lowest BCUT2D eigenvalue weighted by molar-refractivity contribution is -0.112. The first-order valence-electron chi connectivity index (χ1n) is 8.04. The van der Waals surface area contributed by atoms with Gasteiger partial charge in [0.1, 0.15) is 6.29 Å². The predicted molar refractivity (Wildman–Crippen MR) is 77.8 cm³/mol. The maximum Gasteiger partial charge on any atom is 0.124 e. The zero-order valence-electron chi connectivity index (χ0n) is 12.2. The van der Waals surface area contributed by atoms with E-state index >= 15 is 0 Å². The van der Waals surface area contributed by atoms with Crippen LogP contribution in [-0.4, -0.2) is 30.8 Å². The molecule has 2 nitrogen and oxygen atoms in total. The molecule has 0 saturated carbocycles. The van der Waals surface area contributed by atoms with Crippen molar-refractivity contribution in [2.75, 3.05) is 19.6 Å². The van der Waals surface area contributed by atoms with E-state index in [-0.39, 0.29) is 0 Å². The highest BCUT2D eigenvalue weighted by Gasteiger charge is 2.18. The molecule has 0 aromatic heterocycles. The van der Waals surface area contributed by atoms with Gasteiger partial charge in [0.2, 0.25) is 0 Å². The van der Waals surface area contributed by atoms with Crippen molar-refractivity contribution >= 4 is 6.29 Å². The lowest BCUT2D eigenvalue weighted by Gasteiger charge is -2.29. The molecule has 0 aliphatic carbocycles. The number of hydrogen-bond donors (Lipinski definition) is 0. The fourth-order valence-electron chi connectivity index (χ4n) is 2.87. The van der Waals surface area contributed by atoms with Crippen LogP contribution in [0.5, 0.6) is 0 Å². The highest BCUT2D eigenvalue weighted by molar-refractivity contribution is 5.53. The summed E-state index contributed by atoms with van der Waals surface area (Å²) in [5.74, 6) is 0.313. The van der Waals surface area contributed by atoms with Crippen LogP contribution < -0.4 is 0 Å². The molecule has 1 heterocycles. The number of likely N-dealkylation sites (tertiary alicyclic amines) is 1. The molecule has 0 bridgehead atoms. The predicted octanol–water partition coefficient (Wildman–Crippen LogP) is 4.04. The van der Waals surface area contributed by atoms with Gasteiger partial charge in [0.15, 0.2) is 0 Å². The van der Waals surface area contributed by atoms with Crippen molar-refractivity contribution in [3.63, 3.8) is 0 Å². The topological polar surface area (TPSA) is 20.3 Å². The van der Waals surface area contributed by atoms with Crippen LogP contribution in [0.4, 0.5) is 0 Å². The molecule has 1 aliphatic rings. The molecule has 2 heteroatoms. The summed E-state index contributed by atoms with van der Waals surface area (Å²) >= 11 is 0. The van der Waals surface area contributed by atoms with E-state index in [4.69, 9.17) is 0 Å². The fraction of sp³-hybridized carbons (Fsp3) is 0.938. The molecule has 0 spiro atoms. The molecule has 0 aromatic rings. The first-order valence-corrected chi connectivity index (χ1v) is 8.04. The van der Waals surface area contributed by atoms with Crippen molar-refractivity contribution in [3.8, 4) is 0 Å². The molecule has 0 amide bonds. The van der Waals surface area contributed by atoms with E-state index in [1.54, 1.807) is 0 Å². The van der Waals surface area contributed by atoms with Gasteiger partial charge in [-0.25, -0.2) is 0 Å². The molecule has 106 valence electrons. The van der Waals surface area contributed by atoms with Crippen molar-refractivity contribution in [3.05, 3.63) is 0 Å². The minimum Gasteiger partial charge on any atom is -0.303 e. The van der Waals surface area contributed by atoms with Gasteiger partial charge in [-0.3, -0.25) is 0 Å². The number of aldehydes is 1. The van der Waals surface area contributed by atoms with Crippen LogP contribution in [-0.2, 0) is 4.79 Å². The normalized spacial score (nSPS) is 21.1. The van der Waals surface area contributed by atoms with Crippen molar-refractivity contribution in [2.45, 2.75) is 71.1 Å². The Morgan fingerprint density at radius 2 is 1.72 bits per heavy atom. The highest BCUT2D eigenvalue weighted by Crippen LogP contribution is 2.15. The highest BCUT2D eigenvalue weighted by atomic mass is 16.1. The summed E-state index contributed by atoms with van der Waals surface area (Å²) in [4.78, 5) is 13.3. The Hall–Kier alpha value is -0.370. The Labute approximate surface area is 113 Å². The van der Waals surface area contributed by atoms with E-state index in [0.717, 1.165) is 19.3 Å².